The van der Waals surface area contributed by atoms with E-state index in [0.717, 1.165) is 0 Å². The Labute approximate surface area is 71.5 Å². The molecule has 0 nitrogen and oxygen atoms in total. The third kappa shape index (κ3) is 3.79. The predicted molar refractivity (Wildman–Crippen MR) is 43.8 cm³/mol. The van der Waals surface area contributed by atoms with Gasteiger partial charge in [0.15, 0.2) is 0 Å². The molecular weight excluding hydrogens is 165 g/mol. The Morgan fingerprint density at radius 2 is 1.67 bits per heavy atom. The molecule has 0 spiro atoms. The summed E-state index contributed by atoms with van der Waals surface area (Å²) in [6.07, 6.45) is -4.18. The Kier molecular flexibility index (Phi) is 3.81. The summed E-state index contributed by atoms with van der Waals surface area (Å²) >= 11 is 0. The molecule has 0 saturated heterocycles. The molecule has 72 valence electrons. The predicted octanol–water partition coefficient (Wildman–Crippen LogP) is 3.79. The van der Waals surface area contributed by atoms with Gasteiger partial charge in [0.2, 0.25) is 0 Å². The fraction of sp³-hybridized carbons (Fsp3) is 0.778. The monoisotopic (exact) mass is 180 g/mol. The van der Waals surface area contributed by atoms with E-state index < -0.39 is 11.7 Å². The molecule has 0 aliphatic rings. The number of halogens is 3. The highest BCUT2D eigenvalue weighted by Gasteiger charge is 2.32. The summed E-state index contributed by atoms with van der Waals surface area (Å²) in [4.78, 5) is 0. The minimum atomic E-state index is -4.22. The van der Waals surface area contributed by atoms with E-state index in [1.54, 1.807) is 0 Å². The summed E-state index contributed by atoms with van der Waals surface area (Å²) in [7, 11) is 0. The van der Waals surface area contributed by atoms with Crippen LogP contribution in [-0.2, 0) is 0 Å². The highest BCUT2D eigenvalue weighted by Crippen LogP contribution is 2.30. The van der Waals surface area contributed by atoms with Gasteiger partial charge in [0.1, 0.15) is 0 Å². The molecule has 3 heteroatoms. The topological polar surface area (TPSA) is 0 Å². The van der Waals surface area contributed by atoms with Crippen molar-refractivity contribution >= 4 is 0 Å². The van der Waals surface area contributed by atoms with Gasteiger partial charge in [0, 0.05) is 5.57 Å². The van der Waals surface area contributed by atoms with E-state index in [-0.39, 0.29) is 18.3 Å². The third-order valence-corrected chi connectivity index (χ3v) is 2.11. The quantitative estimate of drug-likeness (QED) is 0.580. The van der Waals surface area contributed by atoms with E-state index in [1.807, 2.05) is 20.8 Å². The fourth-order valence-corrected chi connectivity index (χ4v) is 0.740. The fourth-order valence-electron chi connectivity index (χ4n) is 0.740. The summed E-state index contributed by atoms with van der Waals surface area (Å²) in [5.41, 5.74) is -0.622. The zero-order chi connectivity index (χ0) is 9.94. The van der Waals surface area contributed by atoms with Crippen LogP contribution < -0.4 is 0 Å². The lowest BCUT2D eigenvalue weighted by atomic mass is 9.91. The maximum atomic E-state index is 12.0. The molecule has 0 saturated carbocycles. The standard InChI is InChI=1S/C9H15F3/c1-6(2)7(3)5-8(4)9(10,11)12/h6-7H,4-5H2,1-3H3. The van der Waals surface area contributed by atoms with Crippen LogP contribution >= 0.6 is 0 Å². The molecule has 12 heavy (non-hydrogen) atoms. The van der Waals surface area contributed by atoms with Crippen LogP contribution in [0.4, 0.5) is 13.2 Å². The molecule has 0 radical (unpaired) electrons. The maximum Gasteiger partial charge on any atom is 0.412 e. The minimum absolute atomic E-state index is 0.0409. The molecule has 0 aromatic heterocycles. The largest absolute Gasteiger partial charge is 0.412 e. The van der Waals surface area contributed by atoms with Gasteiger partial charge in [-0.25, -0.2) is 0 Å². The van der Waals surface area contributed by atoms with E-state index in [2.05, 4.69) is 6.58 Å². The van der Waals surface area contributed by atoms with Gasteiger partial charge < -0.3 is 0 Å². The van der Waals surface area contributed by atoms with E-state index in [0.29, 0.717) is 0 Å². The Morgan fingerprint density at radius 1 is 1.25 bits per heavy atom. The van der Waals surface area contributed by atoms with Crippen molar-refractivity contribution in [2.75, 3.05) is 0 Å². The Morgan fingerprint density at radius 3 is 1.92 bits per heavy atom. The lowest BCUT2D eigenvalue weighted by molar-refractivity contribution is -0.0951. The van der Waals surface area contributed by atoms with Crippen molar-refractivity contribution in [1.29, 1.82) is 0 Å². The van der Waals surface area contributed by atoms with E-state index >= 15 is 0 Å². The number of rotatable bonds is 3. The van der Waals surface area contributed by atoms with Crippen molar-refractivity contribution in [2.24, 2.45) is 11.8 Å². The summed E-state index contributed by atoms with van der Waals surface area (Å²) < 4.78 is 35.9. The maximum absolute atomic E-state index is 12.0. The molecule has 0 aliphatic heterocycles. The van der Waals surface area contributed by atoms with Crippen molar-refractivity contribution in [2.45, 2.75) is 33.4 Å². The van der Waals surface area contributed by atoms with Crippen LogP contribution in [0.2, 0.25) is 0 Å². The highest BCUT2D eigenvalue weighted by atomic mass is 19.4. The van der Waals surface area contributed by atoms with Crippen LogP contribution in [0.3, 0.4) is 0 Å². The summed E-state index contributed by atoms with van der Waals surface area (Å²) in [5.74, 6) is 0.309. The summed E-state index contributed by atoms with van der Waals surface area (Å²) in [6.45, 7) is 8.65. The van der Waals surface area contributed by atoms with Crippen molar-refractivity contribution in [3.63, 3.8) is 0 Å². The van der Waals surface area contributed by atoms with Gasteiger partial charge in [-0.05, 0) is 18.3 Å². The Balaban J connectivity index is 4.02. The first-order valence-electron chi connectivity index (χ1n) is 4.00. The van der Waals surface area contributed by atoms with Crippen molar-refractivity contribution in [3.05, 3.63) is 12.2 Å². The molecule has 0 fully saturated rings. The first-order valence-corrected chi connectivity index (χ1v) is 4.00. The number of allylic oxidation sites excluding steroid dienone is 1. The van der Waals surface area contributed by atoms with Gasteiger partial charge >= 0.3 is 6.18 Å². The van der Waals surface area contributed by atoms with Crippen LogP contribution in [0.15, 0.2) is 12.2 Å². The molecule has 0 bridgehead atoms. The second kappa shape index (κ2) is 3.97. The van der Waals surface area contributed by atoms with Gasteiger partial charge in [-0.1, -0.05) is 27.4 Å². The van der Waals surface area contributed by atoms with Crippen LogP contribution in [0.1, 0.15) is 27.2 Å². The average molecular weight is 180 g/mol. The zero-order valence-electron chi connectivity index (χ0n) is 7.70. The molecule has 0 aromatic carbocycles. The normalized spacial score (nSPS) is 14.9. The van der Waals surface area contributed by atoms with Crippen LogP contribution in [0.25, 0.3) is 0 Å². The highest BCUT2D eigenvalue weighted by molar-refractivity contribution is 5.03. The smallest absolute Gasteiger partial charge is 0.167 e. The Hall–Kier alpha value is -0.470. The van der Waals surface area contributed by atoms with E-state index in [1.165, 1.54) is 0 Å². The van der Waals surface area contributed by atoms with E-state index in [9.17, 15) is 13.2 Å². The van der Waals surface area contributed by atoms with Gasteiger partial charge in [-0.2, -0.15) is 13.2 Å². The van der Waals surface area contributed by atoms with Crippen molar-refractivity contribution < 1.29 is 13.2 Å². The average Bonchev–Trinajstić information content (AvgIpc) is 1.85. The van der Waals surface area contributed by atoms with Gasteiger partial charge in [-0.15, -0.1) is 0 Å². The minimum Gasteiger partial charge on any atom is -0.167 e. The van der Waals surface area contributed by atoms with Crippen molar-refractivity contribution in [1.82, 2.24) is 0 Å². The SMILES string of the molecule is C=C(CC(C)C(C)C)C(F)(F)F. The molecule has 0 rings (SSSR count). The second-order valence-electron chi connectivity index (χ2n) is 3.53. The molecule has 0 amide bonds. The summed E-state index contributed by atoms with van der Waals surface area (Å²) in [6, 6.07) is 0. The first-order chi connectivity index (χ1) is 5.25. The molecular formula is C9H15F3. The Bertz CT molecular complexity index is 156. The van der Waals surface area contributed by atoms with Crippen LogP contribution in [-0.4, -0.2) is 6.18 Å². The number of alkyl halides is 3. The van der Waals surface area contributed by atoms with E-state index in [4.69, 9.17) is 0 Å². The molecule has 1 atom stereocenters. The van der Waals surface area contributed by atoms with Gasteiger partial charge in [0.05, 0.1) is 0 Å². The molecule has 1 unspecified atom stereocenters. The zero-order valence-corrected chi connectivity index (χ0v) is 7.70. The summed E-state index contributed by atoms with van der Waals surface area (Å²) in [5, 5.41) is 0. The molecule has 0 heterocycles. The van der Waals surface area contributed by atoms with Gasteiger partial charge in [-0.3, -0.25) is 0 Å². The lowest BCUT2D eigenvalue weighted by Gasteiger charge is -2.18. The van der Waals surface area contributed by atoms with Crippen LogP contribution in [0, 0.1) is 11.8 Å². The molecule has 0 N–H and O–H groups in total. The van der Waals surface area contributed by atoms with Gasteiger partial charge in [0.25, 0.3) is 0 Å². The molecule has 0 aromatic rings. The van der Waals surface area contributed by atoms with Crippen molar-refractivity contribution in [3.8, 4) is 0 Å². The lowest BCUT2D eigenvalue weighted by Crippen LogP contribution is -2.15. The third-order valence-electron chi connectivity index (χ3n) is 2.11. The first kappa shape index (κ1) is 11.5. The second-order valence-corrected chi connectivity index (χ2v) is 3.53. The number of hydrogen-bond acceptors (Lipinski definition) is 0. The number of hydrogen-bond donors (Lipinski definition) is 0. The van der Waals surface area contributed by atoms with Crippen LogP contribution in [0.5, 0.6) is 0 Å². The molecule has 0 aliphatic carbocycles.